The van der Waals surface area contributed by atoms with Crippen LogP contribution >= 0.6 is 0 Å². The fourth-order valence-corrected chi connectivity index (χ4v) is 4.35. The summed E-state index contributed by atoms with van der Waals surface area (Å²) < 4.78 is 25.9. The van der Waals surface area contributed by atoms with Crippen LogP contribution in [0.5, 0.6) is 0 Å². The fourth-order valence-electron chi connectivity index (χ4n) is 3.50. The number of hydrogen-bond donors (Lipinski definition) is 0. The van der Waals surface area contributed by atoms with E-state index in [1.54, 1.807) is 43.3 Å². The van der Waals surface area contributed by atoms with E-state index in [9.17, 15) is 18.0 Å². The number of anilines is 2. The summed E-state index contributed by atoms with van der Waals surface area (Å²) in [7, 11) is -0.379. The van der Waals surface area contributed by atoms with Crippen molar-refractivity contribution in [2.24, 2.45) is 0 Å². The molecule has 8 nitrogen and oxygen atoms in total. The number of piperazine rings is 1. The van der Waals surface area contributed by atoms with Crippen LogP contribution in [0.4, 0.5) is 11.4 Å². The molecular weight excluding hydrogens is 416 g/mol. The summed E-state index contributed by atoms with van der Waals surface area (Å²) in [6, 6.07) is 16.2. The topological polar surface area (TPSA) is 81.2 Å². The molecule has 0 N–H and O–H groups in total. The van der Waals surface area contributed by atoms with E-state index in [0.717, 1.165) is 16.2 Å². The highest BCUT2D eigenvalue weighted by Gasteiger charge is 2.27. The van der Waals surface area contributed by atoms with Crippen molar-refractivity contribution >= 4 is 33.2 Å². The van der Waals surface area contributed by atoms with Crippen LogP contribution in [0.2, 0.25) is 0 Å². The Hall–Kier alpha value is -3.07. The first-order valence-corrected chi connectivity index (χ1v) is 11.9. The normalized spacial score (nSPS) is 14.3. The molecule has 0 unspecified atom stereocenters. The summed E-state index contributed by atoms with van der Waals surface area (Å²) in [4.78, 5) is 30.3. The van der Waals surface area contributed by atoms with Crippen molar-refractivity contribution in [3.05, 3.63) is 60.2 Å². The minimum atomic E-state index is -3.67. The second kappa shape index (κ2) is 9.38. The van der Waals surface area contributed by atoms with Crippen LogP contribution < -0.4 is 9.21 Å². The third-order valence-corrected chi connectivity index (χ3v) is 6.38. The van der Waals surface area contributed by atoms with Crippen LogP contribution in [0, 0.1) is 0 Å². The minimum Gasteiger partial charge on any atom is -0.368 e. The number of nitrogens with zero attached hydrogens (tertiary/aromatic N) is 4. The van der Waals surface area contributed by atoms with Gasteiger partial charge in [-0.1, -0.05) is 18.2 Å². The minimum absolute atomic E-state index is 0.176. The maximum absolute atomic E-state index is 12.9. The van der Waals surface area contributed by atoms with Crippen LogP contribution in [-0.2, 0) is 14.8 Å². The molecule has 31 heavy (non-hydrogen) atoms. The van der Waals surface area contributed by atoms with E-state index in [1.807, 2.05) is 30.3 Å². The predicted octanol–water partition coefficient (Wildman–Crippen LogP) is 1.50. The molecule has 1 saturated heterocycles. The second-order valence-electron chi connectivity index (χ2n) is 7.72. The number of para-hydroxylation sites is 1. The number of hydrogen-bond acceptors (Lipinski definition) is 5. The SMILES string of the molecule is CN(C)C(=O)c1ccc(N(CC(=O)N2CCN(c3ccccc3)CC2)S(C)(=O)=O)cc1. The highest BCUT2D eigenvalue weighted by atomic mass is 32.2. The molecule has 0 spiro atoms. The monoisotopic (exact) mass is 444 g/mol. The van der Waals surface area contributed by atoms with Gasteiger partial charge in [0.05, 0.1) is 11.9 Å². The molecule has 0 atom stereocenters. The average molecular weight is 445 g/mol. The van der Waals surface area contributed by atoms with Gasteiger partial charge in [0, 0.05) is 51.5 Å². The number of carbonyl (C=O) groups is 2. The zero-order chi connectivity index (χ0) is 22.6. The summed E-state index contributed by atoms with van der Waals surface area (Å²) in [5.74, 6) is -0.420. The Morgan fingerprint density at radius 3 is 2.00 bits per heavy atom. The van der Waals surface area contributed by atoms with E-state index in [1.165, 1.54) is 4.90 Å². The van der Waals surface area contributed by atoms with Crippen molar-refractivity contribution in [2.75, 3.05) is 62.3 Å². The highest BCUT2D eigenvalue weighted by Crippen LogP contribution is 2.20. The quantitative estimate of drug-likeness (QED) is 0.675. The standard InChI is InChI=1S/C22H28N4O4S/c1-23(2)22(28)18-9-11-20(12-10-18)26(31(3,29)30)17-21(27)25-15-13-24(14-16-25)19-7-5-4-6-8-19/h4-12H,13-17H2,1-3H3. The Balaban J connectivity index is 1.68. The molecule has 0 aliphatic carbocycles. The first-order valence-electron chi connectivity index (χ1n) is 10.0. The third kappa shape index (κ3) is 5.55. The average Bonchev–Trinajstić information content (AvgIpc) is 2.77. The van der Waals surface area contributed by atoms with Crippen LogP contribution in [0.25, 0.3) is 0 Å². The maximum Gasteiger partial charge on any atom is 0.253 e. The lowest BCUT2D eigenvalue weighted by Crippen LogP contribution is -2.52. The Morgan fingerprint density at radius 1 is 0.903 bits per heavy atom. The van der Waals surface area contributed by atoms with Crippen molar-refractivity contribution in [3.63, 3.8) is 0 Å². The molecule has 1 fully saturated rings. The van der Waals surface area contributed by atoms with Gasteiger partial charge in [-0.3, -0.25) is 13.9 Å². The van der Waals surface area contributed by atoms with Gasteiger partial charge in [0.1, 0.15) is 6.54 Å². The van der Waals surface area contributed by atoms with E-state index in [2.05, 4.69) is 4.90 Å². The van der Waals surface area contributed by atoms with E-state index < -0.39 is 10.0 Å². The number of rotatable bonds is 6. The molecule has 1 aliphatic rings. The summed E-state index contributed by atoms with van der Waals surface area (Å²) in [5.41, 5.74) is 1.92. The highest BCUT2D eigenvalue weighted by molar-refractivity contribution is 7.92. The molecule has 2 amide bonds. The van der Waals surface area contributed by atoms with Crippen molar-refractivity contribution in [3.8, 4) is 0 Å². The van der Waals surface area contributed by atoms with Gasteiger partial charge in [0.2, 0.25) is 15.9 Å². The van der Waals surface area contributed by atoms with E-state index in [-0.39, 0.29) is 18.4 Å². The number of sulfonamides is 1. The Bertz CT molecular complexity index is 1020. The molecule has 2 aromatic rings. The lowest BCUT2D eigenvalue weighted by molar-refractivity contribution is -0.129. The van der Waals surface area contributed by atoms with Gasteiger partial charge in [-0.25, -0.2) is 8.42 Å². The smallest absolute Gasteiger partial charge is 0.253 e. The van der Waals surface area contributed by atoms with Crippen LogP contribution in [-0.4, -0.2) is 83.1 Å². The zero-order valence-electron chi connectivity index (χ0n) is 18.1. The zero-order valence-corrected chi connectivity index (χ0v) is 18.9. The summed E-state index contributed by atoms with van der Waals surface area (Å²) >= 11 is 0. The molecule has 0 radical (unpaired) electrons. The molecule has 0 aromatic heterocycles. The van der Waals surface area contributed by atoms with Gasteiger partial charge in [0.15, 0.2) is 0 Å². The number of amides is 2. The van der Waals surface area contributed by atoms with Crippen LogP contribution in [0.15, 0.2) is 54.6 Å². The van der Waals surface area contributed by atoms with Crippen molar-refractivity contribution in [1.82, 2.24) is 9.80 Å². The molecule has 1 heterocycles. The molecule has 0 bridgehead atoms. The Labute approximate surface area is 183 Å². The van der Waals surface area contributed by atoms with Gasteiger partial charge in [-0.2, -0.15) is 0 Å². The third-order valence-electron chi connectivity index (χ3n) is 5.24. The molecule has 3 rings (SSSR count). The number of carbonyl (C=O) groups excluding carboxylic acids is 2. The largest absolute Gasteiger partial charge is 0.368 e. The molecule has 0 saturated carbocycles. The molecule has 166 valence electrons. The van der Waals surface area contributed by atoms with Crippen LogP contribution in [0.3, 0.4) is 0 Å². The van der Waals surface area contributed by atoms with Crippen molar-refractivity contribution in [1.29, 1.82) is 0 Å². The van der Waals surface area contributed by atoms with Gasteiger partial charge in [0.25, 0.3) is 5.91 Å². The molecular formula is C22H28N4O4S. The van der Waals surface area contributed by atoms with Crippen LogP contribution in [0.1, 0.15) is 10.4 Å². The first kappa shape index (κ1) is 22.6. The summed E-state index contributed by atoms with van der Waals surface area (Å²) in [5, 5.41) is 0. The lowest BCUT2D eigenvalue weighted by Gasteiger charge is -2.37. The molecule has 2 aromatic carbocycles. The second-order valence-corrected chi connectivity index (χ2v) is 9.63. The fraction of sp³-hybridized carbons (Fsp3) is 0.364. The number of benzene rings is 2. The lowest BCUT2D eigenvalue weighted by atomic mass is 10.2. The van der Waals surface area contributed by atoms with E-state index >= 15 is 0 Å². The van der Waals surface area contributed by atoms with Gasteiger partial charge in [-0.05, 0) is 36.4 Å². The predicted molar refractivity (Wildman–Crippen MR) is 122 cm³/mol. The summed E-state index contributed by atoms with van der Waals surface area (Å²) in [6.07, 6.45) is 1.08. The maximum atomic E-state index is 12.9. The first-order chi connectivity index (χ1) is 14.7. The van der Waals surface area contributed by atoms with E-state index in [4.69, 9.17) is 0 Å². The van der Waals surface area contributed by atoms with Gasteiger partial charge < -0.3 is 14.7 Å². The van der Waals surface area contributed by atoms with E-state index in [0.29, 0.717) is 37.4 Å². The van der Waals surface area contributed by atoms with Crippen molar-refractivity contribution < 1.29 is 18.0 Å². The van der Waals surface area contributed by atoms with Gasteiger partial charge >= 0.3 is 0 Å². The van der Waals surface area contributed by atoms with Gasteiger partial charge in [-0.15, -0.1) is 0 Å². The molecule has 1 aliphatic heterocycles. The Kier molecular flexibility index (Phi) is 6.84. The summed E-state index contributed by atoms with van der Waals surface area (Å²) in [6.45, 7) is 2.17. The Morgan fingerprint density at radius 2 is 1.48 bits per heavy atom. The van der Waals surface area contributed by atoms with Crippen molar-refractivity contribution in [2.45, 2.75) is 0 Å². The molecule has 9 heteroatoms.